The summed E-state index contributed by atoms with van der Waals surface area (Å²) >= 11 is 0. The molecule has 0 saturated carbocycles. The van der Waals surface area contributed by atoms with Crippen molar-refractivity contribution in [3.05, 3.63) is 0 Å². The highest BCUT2D eigenvalue weighted by molar-refractivity contribution is 5.89. The fourth-order valence-corrected chi connectivity index (χ4v) is 0.951. The summed E-state index contributed by atoms with van der Waals surface area (Å²) in [6.45, 7) is 1.95. The first-order chi connectivity index (χ1) is 4.93. The van der Waals surface area contributed by atoms with Crippen molar-refractivity contribution in [3.8, 4) is 0 Å². The van der Waals surface area contributed by atoms with Gasteiger partial charge in [0.15, 0.2) is 0 Å². The number of rotatable bonds is 0. The number of nitrogens with zero attached hydrogens (tertiary/aromatic N) is 2. The minimum atomic E-state index is -4.29. The Bertz CT molecular complexity index is 185. The molecule has 0 radical (unpaired) electrons. The maximum atomic E-state index is 12.0. The molecule has 0 aromatic carbocycles. The van der Waals surface area contributed by atoms with E-state index in [4.69, 9.17) is 0 Å². The van der Waals surface area contributed by atoms with Gasteiger partial charge in [-0.15, -0.1) is 0 Å². The van der Waals surface area contributed by atoms with Crippen LogP contribution in [-0.2, 0) is 0 Å². The molecule has 1 aliphatic rings. The molecule has 64 valence electrons. The number of likely N-dealkylation sites (N-methyl/N-ethyl adjacent to an activating group) is 1. The number of hydrogen-bond donors (Lipinski definition) is 0. The van der Waals surface area contributed by atoms with Crippen LogP contribution in [0.15, 0.2) is 4.99 Å². The number of halogens is 3. The Morgan fingerprint density at radius 3 is 2.27 bits per heavy atom. The first-order valence-electron chi connectivity index (χ1n) is 3.27. The lowest BCUT2D eigenvalue weighted by molar-refractivity contribution is -0.0672. The summed E-state index contributed by atoms with van der Waals surface area (Å²) in [4.78, 5) is 4.54. The lowest BCUT2D eigenvalue weighted by Gasteiger charge is -2.20. The van der Waals surface area contributed by atoms with E-state index in [1.54, 1.807) is 6.92 Å². The van der Waals surface area contributed by atoms with E-state index in [0.29, 0.717) is 0 Å². The number of hydrogen-bond acceptors (Lipinski definition) is 2. The van der Waals surface area contributed by atoms with Crippen molar-refractivity contribution in [1.82, 2.24) is 4.90 Å². The molecule has 0 saturated heterocycles. The molecular formula is C6H9F3N2. The summed E-state index contributed by atoms with van der Waals surface area (Å²) < 4.78 is 36.0. The van der Waals surface area contributed by atoms with Gasteiger partial charge in [0.05, 0.1) is 6.54 Å². The van der Waals surface area contributed by atoms with Crippen molar-refractivity contribution in [3.63, 3.8) is 0 Å². The van der Waals surface area contributed by atoms with Gasteiger partial charge < -0.3 is 4.90 Å². The molecule has 0 amide bonds. The van der Waals surface area contributed by atoms with E-state index < -0.39 is 12.0 Å². The average molecular weight is 166 g/mol. The molecule has 0 fully saturated rings. The van der Waals surface area contributed by atoms with Gasteiger partial charge in [0, 0.05) is 13.1 Å². The summed E-state index contributed by atoms with van der Waals surface area (Å²) in [5, 5.41) is 0. The summed E-state index contributed by atoms with van der Waals surface area (Å²) in [5.74, 6) is -0.759. The van der Waals surface area contributed by atoms with Crippen molar-refractivity contribution in [2.75, 3.05) is 13.6 Å². The van der Waals surface area contributed by atoms with Crippen molar-refractivity contribution < 1.29 is 13.2 Å². The molecule has 0 bridgehead atoms. The number of aliphatic imine (C=N–C) groups is 1. The van der Waals surface area contributed by atoms with E-state index in [1.165, 1.54) is 7.05 Å². The molecule has 1 rings (SSSR count). The van der Waals surface area contributed by atoms with Crippen molar-refractivity contribution in [2.24, 2.45) is 4.99 Å². The van der Waals surface area contributed by atoms with Crippen LogP contribution in [-0.4, -0.2) is 36.5 Å². The summed E-state index contributed by atoms with van der Waals surface area (Å²) in [6, 6.07) is -0.133. The quantitative estimate of drug-likeness (QED) is 0.529. The maximum Gasteiger partial charge on any atom is 0.449 e. The lowest BCUT2D eigenvalue weighted by atomic mass is 10.3. The van der Waals surface area contributed by atoms with Crippen LogP contribution < -0.4 is 0 Å². The van der Waals surface area contributed by atoms with E-state index in [1.807, 2.05) is 0 Å². The second-order valence-electron chi connectivity index (χ2n) is 2.62. The molecule has 0 spiro atoms. The summed E-state index contributed by atoms with van der Waals surface area (Å²) in [5.41, 5.74) is 0. The van der Waals surface area contributed by atoms with Crippen LogP contribution in [0, 0.1) is 0 Å². The molecular weight excluding hydrogens is 157 g/mol. The Hall–Kier alpha value is -0.740. The fraction of sp³-hybridized carbons (Fsp3) is 0.833. The minimum Gasteiger partial charge on any atom is -0.351 e. The Labute approximate surface area is 62.7 Å². The van der Waals surface area contributed by atoms with Gasteiger partial charge in [-0.3, -0.25) is 4.99 Å². The largest absolute Gasteiger partial charge is 0.449 e. The second-order valence-corrected chi connectivity index (χ2v) is 2.62. The van der Waals surface area contributed by atoms with Gasteiger partial charge >= 0.3 is 6.18 Å². The minimum absolute atomic E-state index is 0.133. The van der Waals surface area contributed by atoms with Gasteiger partial charge in [-0.2, -0.15) is 13.2 Å². The first-order valence-corrected chi connectivity index (χ1v) is 3.27. The maximum absolute atomic E-state index is 12.0. The Balaban J connectivity index is 2.76. The van der Waals surface area contributed by atoms with Gasteiger partial charge in [-0.05, 0) is 6.92 Å². The highest BCUT2D eigenvalue weighted by Crippen LogP contribution is 2.23. The fourth-order valence-electron chi connectivity index (χ4n) is 0.951. The molecule has 1 aliphatic heterocycles. The van der Waals surface area contributed by atoms with E-state index in [9.17, 15) is 13.2 Å². The van der Waals surface area contributed by atoms with Crippen molar-refractivity contribution in [1.29, 1.82) is 0 Å². The molecule has 0 aromatic rings. The molecule has 1 unspecified atom stereocenters. The third kappa shape index (κ3) is 1.46. The molecule has 0 aromatic heterocycles. The molecule has 2 nitrogen and oxygen atoms in total. The van der Waals surface area contributed by atoms with Crippen LogP contribution in [0.1, 0.15) is 6.92 Å². The zero-order valence-corrected chi connectivity index (χ0v) is 6.31. The van der Waals surface area contributed by atoms with Crippen molar-refractivity contribution in [2.45, 2.75) is 19.1 Å². The van der Waals surface area contributed by atoms with Gasteiger partial charge in [0.1, 0.15) is 0 Å². The van der Waals surface area contributed by atoms with Gasteiger partial charge in [-0.1, -0.05) is 0 Å². The van der Waals surface area contributed by atoms with Crippen LogP contribution in [0.4, 0.5) is 13.2 Å². The Kier molecular flexibility index (Phi) is 1.82. The van der Waals surface area contributed by atoms with Gasteiger partial charge in [0.25, 0.3) is 0 Å². The SMILES string of the molecule is CC1CN=C(C(F)(F)F)N1C. The summed E-state index contributed by atoms with van der Waals surface area (Å²) in [6.07, 6.45) is -4.29. The monoisotopic (exact) mass is 166 g/mol. The zero-order valence-electron chi connectivity index (χ0n) is 6.31. The standard InChI is InChI=1S/C6H9F3N2/c1-4-3-10-5(11(4)2)6(7,8)9/h4H,3H2,1-2H3. The van der Waals surface area contributed by atoms with E-state index in [-0.39, 0.29) is 12.6 Å². The van der Waals surface area contributed by atoms with E-state index >= 15 is 0 Å². The van der Waals surface area contributed by atoms with Crippen LogP contribution in [0.2, 0.25) is 0 Å². The normalized spacial score (nSPS) is 25.7. The molecule has 1 atom stereocenters. The predicted molar refractivity (Wildman–Crippen MR) is 35.6 cm³/mol. The first kappa shape index (κ1) is 8.36. The van der Waals surface area contributed by atoms with Crippen molar-refractivity contribution >= 4 is 5.84 Å². The molecule has 5 heteroatoms. The van der Waals surface area contributed by atoms with E-state index in [0.717, 1.165) is 4.90 Å². The smallest absolute Gasteiger partial charge is 0.351 e. The molecule has 1 heterocycles. The van der Waals surface area contributed by atoms with Gasteiger partial charge in [-0.25, -0.2) is 0 Å². The molecule has 0 aliphatic carbocycles. The number of amidine groups is 1. The van der Waals surface area contributed by atoms with Crippen LogP contribution in [0.3, 0.4) is 0 Å². The Morgan fingerprint density at radius 2 is 2.09 bits per heavy atom. The topological polar surface area (TPSA) is 15.6 Å². The van der Waals surface area contributed by atoms with E-state index in [2.05, 4.69) is 4.99 Å². The average Bonchev–Trinajstić information content (AvgIpc) is 2.11. The third-order valence-corrected chi connectivity index (χ3v) is 1.75. The summed E-state index contributed by atoms with van der Waals surface area (Å²) in [7, 11) is 1.41. The van der Waals surface area contributed by atoms with Crippen LogP contribution in [0.25, 0.3) is 0 Å². The lowest BCUT2D eigenvalue weighted by Crippen LogP contribution is -2.39. The highest BCUT2D eigenvalue weighted by atomic mass is 19.4. The van der Waals surface area contributed by atoms with Gasteiger partial charge in [0.2, 0.25) is 5.84 Å². The van der Waals surface area contributed by atoms with Crippen LogP contribution >= 0.6 is 0 Å². The van der Waals surface area contributed by atoms with Crippen LogP contribution in [0.5, 0.6) is 0 Å². The zero-order chi connectivity index (χ0) is 8.65. The molecule has 0 N–H and O–H groups in total. The second kappa shape index (κ2) is 2.39. The predicted octanol–water partition coefficient (Wildman–Crippen LogP) is 1.28. The number of alkyl halides is 3. The molecule has 11 heavy (non-hydrogen) atoms. The third-order valence-electron chi connectivity index (χ3n) is 1.75. The highest BCUT2D eigenvalue weighted by Gasteiger charge is 2.42. The Morgan fingerprint density at radius 1 is 1.55 bits per heavy atom.